The largest absolute Gasteiger partial charge is 0.381 e. The van der Waals surface area contributed by atoms with Gasteiger partial charge in [0.05, 0.1) is 11.0 Å². The minimum Gasteiger partial charge on any atom is -0.381 e. The SMILES string of the molecule is O=S(=O)(NCC1CCCO1)c1ccc(CNc2ccnc(Cl)c2)cc1. The van der Waals surface area contributed by atoms with Gasteiger partial charge in [0.15, 0.2) is 0 Å². The molecule has 1 aliphatic heterocycles. The molecule has 1 saturated heterocycles. The number of halogens is 1. The molecule has 0 spiro atoms. The van der Waals surface area contributed by atoms with Crippen LogP contribution in [0.2, 0.25) is 5.15 Å². The number of hydrogen-bond acceptors (Lipinski definition) is 5. The van der Waals surface area contributed by atoms with Crippen molar-refractivity contribution >= 4 is 27.3 Å². The van der Waals surface area contributed by atoms with Crippen LogP contribution in [0.5, 0.6) is 0 Å². The Hall–Kier alpha value is -1.67. The van der Waals surface area contributed by atoms with Crippen molar-refractivity contribution in [3.8, 4) is 0 Å². The number of aromatic nitrogens is 1. The maximum atomic E-state index is 12.3. The Morgan fingerprint density at radius 2 is 2.04 bits per heavy atom. The molecule has 0 bridgehead atoms. The summed E-state index contributed by atoms with van der Waals surface area (Å²) in [5.74, 6) is 0. The number of nitrogens with zero attached hydrogens (tertiary/aromatic N) is 1. The Balaban J connectivity index is 1.57. The Morgan fingerprint density at radius 3 is 2.72 bits per heavy atom. The van der Waals surface area contributed by atoms with E-state index in [-0.39, 0.29) is 11.0 Å². The van der Waals surface area contributed by atoms with Crippen molar-refractivity contribution in [1.82, 2.24) is 9.71 Å². The summed E-state index contributed by atoms with van der Waals surface area (Å²) in [5, 5.41) is 3.64. The van der Waals surface area contributed by atoms with Crippen molar-refractivity contribution in [3.63, 3.8) is 0 Å². The summed E-state index contributed by atoms with van der Waals surface area (Å²) in [7, 11) is -3.51. The first-order valence-electron chi connectivity index (χ1n) is 8.08. The molecule has 0 saturated carbocycles. The zero-order chi connectivity index (χ0) is 17.7. The second-order valence-electron chi connectivity index (χ2n) is 5.85. The number of hydrogen-bond donors (Lipinski definition) is 2. The van der Waals surface area contributed by atoms with Crippen LogP contribution in [0.3, 0.4) is 0 Å². The lowest BCUT2D eigenvalue weighted by Gasteiger charge is -2.12. The van der Waals surface area contributed by atoms with E-state index in [4.69, 9.17) is 16.3 Å². The number of pyridine rings is 1. The van der Waals surface area contributed by atoms with Crippen LogP contribution in [-0.4, -0.2) is 32.7 Å². The van der Waals surface area contributed by atoms with E-state index >= 15 is 0 Å². The van der Waals surface area contributed by atoms with Crippen LogP contribution < -0.4 is 10.0 Å². The maximum Gasteiger partial charge on any atom is 0.240 e. The highest BCUT2D eigenvalue weighted by Crippen LogP contribution is 2.16. The van der Waals surface area contributed by atoms with Crippen molar-refractivity contribution < 1.29 is 13.2 Å². The molecular weight excluding hydrogens is 362 g/mol. The van der Waals surface area contributed by atoms with E-state index in [1.54, 1.807) is 36.5 Å². The average Bonchev–Trinajstić information content (AvgIpc) is 3.12. The fourth-order valence-electron chi connectivity index (χ4n) is 2.59. The second-order valence-corrected chi connectivity index (χ2v) is 8.01. The van der Waals surface area contributed by atoms with Gasteiger partial charge in [0.25, 0.3) is 0 Å². The van der Waals surface area contributed by atoms with Crippen molar-refractivity contribution in [1.29, 1.82) is 0 Å². The quantitative estimate of drug-likeness (QED) is 0.721. The lowest BCUT2D eigenvalue weighted by Crippen LogP contribution is -2.31. The number of ether oxygens (including phenoxy) is 1. The molecule has 1 fully saturated rings. The van der Waals surface area contributed by atoms with Gasteiger partial charge in [-0.2, -0.15) is 0 Å². The molecule has 2 aromatic rings. The van der Waals surface area contributed by atoms with Gasteiger partial charge in [-0.25, -0.2) is 18.1 Å². The Morgan fingerprint density at radius 1 is 1.24 bits per heavy atom. The van der Waals surface area contributed by atoms with Gasteiger partial charge in [-0.05, 0) is 42.7 Å². The highest BCUT2D eigenvalue weighted by Gasteiger charge is 2.20. The zero-order valence-corrected chi connectivity index (χ0v) is 15.2. The monoisotopic (exact) mass is 381 g/mol. The first-order chi connectivity index (χ1) is 12.0. The van der Waals surface area contributed by atoms with E-state index < -0.39 is 10.0 Å². The third kappa shape index (κ3) is 5.15. The fourth-order valence-corrected chi connectivity index (χ4v) is 3.83. The number of anilines is 1. The summed E-state index contributed by atoms with van der Waals surface area (Å²) in [5.41, 5.74) is 1.82. The van der Waals surface area contributed by atoms with Crippen LogP contribution in [0.15, 0.2) is 47.5 Å². The highest BCUT2D eigenvalue weighted by molar-refractivity contribution is 7.89. The normalized spacial score (nSPS) is 17.6. The predicted molar refractivity (Wildman–Crippen MR) is 97.2 cm³/mol. The molecule has 1 unspecified atom stereocenters. The van der Waals surface area contributed by atoms with Gasteiger partial charge < -0.3 is 10.1 Å². The summed E-state index contributed by atoms with van der Waals surface area (Å²) in [6, 6.07) is 10.3. The van der Waals surface area contributed by atoms with E-state index in [0.717, 1.165) is 24.1 Å². The van der Waals surface area contributed by atoms with Crippen LogP contribution in [0.25, 0.3) is 0 Å². The predicted octanol–water partition coefficient (Wildman–Crippen LogP) is 2.80. The van der Waals surface area contributed by atoms with Crippen LogP contribution in [0, 0.1) is 0 Å². The van der Waals surface area contributed by atoms with Crippen molar-refractivity contribution in [2.24, 2.45) is 0 Å². The van der Waals surface area contributed by atoms with Gasteiger partial charge in [-0.15, -0.1) is 0 Å². The number of sulfonamides is 1. The highest BCUT2D eigenvalue weighted by atomic mass is 35.5. The molecule has 134 valence electrons. The minimum absolute atomic E-state index is 0.0227. The molecule has 0 aliphatic carbocycles. The molecule has 25 heavy (non-hydrogen) atoms. The van der Waals surface area contributed by atoms with Crippen molar-refractivity contribution in [2.45, 2.75) is 30.4 Å². The maximum absolute atomic E-state index is 12.3. The van der Waals surface area contributed by atoms with Gasteiger partial charge >= 0.3 is 0 Å². The summed E-state index contributed by atoms with van der Waals surface area (Å²) >= 11 is 5.84. The number of benzene rings is 1. The molecule has 1 aromatic heterocycles. The van der Waals surface area contributed by atoms with Gasteiger partial charge in [-0.1, -0.05) is 23.7 Å². The molecule has 3 rings (SSSR count). The molecule has 2 N–H and O–H groups in total. The second kappa shape index (κ2) is 8.14. The third-order valence-electron chi connectivity index (χ3n) is 3.98. The van der Waals surface area contributed by atoms with E-state index in [0.29, 0.717) is 24.8 Å². The lowest BCUT2D eigenvalue weighted by atomic mass is 10.2. The van der Waals surface area contributed by atoms with E-state index in [9.17, 15) is 8.42 Å². The van der Waals surface area contributed by atoms with Crippen LogP contribution >= 0.6 is 11.6 Å². The third-order valence-corrected chi connectivity index (χ3v) is 5.63. The van der Waals surface area contributed by atoms with Crippen LogP contribution in [-0.2, 0) is 21.3 Å². The topological polar surface area (TPSA) is 80.3 Å². The van der Waals surface area contributed by atoms with E-state index in [2.05, 4.69) is 15.0 Å². The average molecular weight is 382 g/mol. The molecule has 1 aliphatic rings. The summed E-state index contributed by atoms with van der Waals surface area (Å²) in [6.07, 6.45) is 3.48. The smallest absolute Gasteiger partial charge is 0.240 e. The van der Waals surface area contributed by atoms with Crippen LogP contribution in [0.1, 0.15) is 18.4 Å². The number of nitrogens with one attached hydrogen (secondary N) is 2. The molecule has 0 radical (unpaired) electrons. The standard InChI is InChI=1S/C17H20ClN3O3S/c18-17-10-14(7-8-19-17)20-11-13-3-5-16(6-4-13)25(22,23)21-12-15-2-1-9-24-15/h3-8,10,15,21H,1-2,9,11-12H2,(H,19,20). The van der Waals surface area contributed by atoms with Crippen molar-refractivity contribution in [2.75, 3.05) is 18.5 Å². The lowest BCUT2D eigenvalue weighted by molar-refractivity contribution is 0.114. The molecule has 1 atom stereocenters. The molecule has 0 amide bonds. The Labute approximate surface area is 152 Å². The Bertz CT molecular complexity index is 806. The summed E-state index contributed by atoms with van der Waals surface area (Å²) in [6.45, 7) is 1.58. The van der Waals surface area contributed by atoms with Gasteiger partial charge in [0, 0.05) is 31.6 Å². The first kappa shape index (κ1) is 18.1. The molecule has 1 aromatic carbocycles. The molecular formula is C17H20ClN3O3S. The van der Waals surface area contributed by atoms with E-state index in [1.807, 2.05) is 6.07 Å². The molecule has 2 heterocycles. The Kier molecular flexibility index (Phi) is 5.90. The minimum atomic E-state index is -3.51. The first-order valence-corrected chi connectivity index (χ1v) is 9.95. The zero-order valence-electron chi connectivity index (χ0n) is 13.6. The molecule has 8 heteroatoms. The fraction of sp³-hybridized carbons (Fsp3) is 0.353. The van der Waals surface area contributed by atoms with Gasteiger partial charge in [0.1, 0.15) is 5.15 Å². The number of rotatable bonds is 7. The summed E-state index contributed by atoms with van der Waals surface area (Å²) in [4.78, 5) is 4.17. The van der Waals surface area contributed by atoms with E-state index in [1.165, 1.54) is 0 Å². The van der Waals surface area contributed by atoms with Crippen molar-refractivity contribution in [3.05, 3.63) is 53.3 Å². The van der Waals surface area contributed by atoms with Gasteiger partial charge in [0.2, 0.25) is 10.0 Å². The molecule has 6 nitrogen and oxygen atoms in total. The van der Waals surface area contributed by atoms with Gasteiger partial charge in [-0.3, -0.25) is 0 Å². The van der Waals surface area contributed by atoms with Crippen LogP contribution in [0.4, 0.5) is 5.69 Å². The summed E-state index contributed by atoms with van der Waals surface area (Å²) < 4.78 is 32.7.